The van der Waals surface area contributed by atoms with Gasteiger partial charge in [0.2, 0.25) is 0 Å². The predicted molar refractivity (Wildman–Crippen MR) is 75.6 cm³/mol. The standard InChI is InChI=1S/C12H14N2O.C3H8/c1-9-4-5-11(12(6-9)15-3)14-7-10(2)13-8-14;1-3-2/h4-8H,1-3H3;3H2,1-2H3. The van der Waals surface area contributed by atoms with Crippen LogP contribution < -0.4 is 4.74 Å². The summed E-state index contributed by atoms with van der Waals surface area (Å²) in [5.74, 6) is 0.868. The summed E-state index contributed by atoms with van der Waals surface area (Å²) in [4.78, 5) is 4.20. The number of ether oxygens (including phenoxy) is 1. The minimum atomic E-state index is 0.868. The molecule has 0 fully saturated rings. The molecule has 1 aromatic heterocycles. The van der Waals surface area contributed by atoms with Crippen LogP contribution in [0.4, 0.5) is 0 Å². The van der Waals surface area contributed by atoms with Crippen molar-refractivity contribution in [3.63, 3.8) is 0 Å². The lowest BCUT2D eigenvalue weighted by molar-refractivity contribution is 0.412. The molecular weight excluding hydrogens is 224 g/mol. The number of nitrogens with zero attached hydrogens (tertiary/aromatic N) is 2. The highest BCUT2D eigenvalue weighted by Gasteiger charge is 2.05. The number of hydrogen-bond acceptors (Lipinski definition) is 2. The summed E-state index contributed by atoms with van der Waals surface area (Å²) in [6.07, 6.45) is 5.02. The molecule has 0 unspecified atom stereocenters. The molecule has 1 heterocycles. The molecule has 0 saturated carbocycles. The van der Waals surface area contributed by atoms with E-state index in [1.807, 2.05) is 36.7 Å². The number of rotatable bonds is 2. The van der Waals surface area contributed by atoms with Gasteiger partial charge in [-0.3, -0.25) is 0 Å². The minimum Gasteiger partial charge on any atom is -0.495 e. The van der Waals surface area contributed by atoms with Crippen molar-refractivity contribution in [3.8, 4) is 11.4 Å². The van der Waals surface area contributed by atoms with Crippen LogP contribution in [0.1, 0.15) is 31.5 Å². The monoisotopic (exact) mass is 246 g/mol. The van der Waals surface area contributed by atoms with Gasteiger partial charge in [-0.05, 0) is 31.5 Å². The van der Waals surface area contributed by atoms with E-state index in [0.717, 1.165) is 17.1 Å². The summed E-state index contributed by atoms with van der Waals surface area (Å²) in [6, 6.07) is 6.12. The molecule has 0 radical (unpaired) electrons. The summed E-state index contributed by atoms with van der Waals surface area (Å²) >= 11 is 0. The van der Waals surface area contributed by atoms with Gasteiger partial charge in [-0.1, -0.05) is 26.3 Å². The van der Waals surface area contributed by atoms with Gasteiger partial charge in [0.15, 0.2) is 0 Å². The van der Waals surface area contributed by atoms with Crippen molar-refractivity contribution in [3.05, 3.63) is 42.0 Å². The van der Waals surface area contributed by atoms with Gasteiger partial charge in [0.1, 0.15) is 5.75 Å². The topological polar surface area (TPSA) is 27.1 Å². The Labute approximate surface area is 109 Å². The van der Waals surface area contributed by atoms with Crippen molar-refractivity contribution < 1.29 is 4.74 Å². The first-order valence-corrected chi connectivity index (χ1v) is 6.28. The second-order valence-electron chi connectivity index (χ2n) is 4.30. The van der Waals surface area contributed by atoms with Gasteiger partial charge >= 0.3 is 0 Å². The molecule has 98 valence electrons. The SMILES string of the molecule is CCC.COc1cc(C)ccc1-n1cnc(C)c1. The van der Waals surface area contributed by atoms with Crippen LogP contribution in [0.15, 0.2) is 30.7 Å². The Balaban J connectivity index is 0.000000492. The van der Waals surface area contributed by atoms with Crippen LogP contribution in [0.25, 0.3) is 5.69 Å². The molecule has 0 spiro atoms. The average Bonchev–Trinajstić information content (AvgIpc) is 2.76. The Bertz CT molecular complexity index is 489. The third-order valence-corrected chi connectivity index (χ3v) is 2.33. The summed E-state index contributed by atoms with van der Waals surface area (Å²) in [5, 5.41) is 0. The molecule has 0 atom stereocenters. The van der Waals surface area contributed by atoms with Crippen LogP contribution in [-0.2, 0) is 0 Å². The highest BCUT2D eigenvalue weighted by atomic mass is 16.5. The van der Waals surface area contributed by atoms with Crippen molar-refractivity contribution >= 4 is 0 Å². The lowest BCUT2D eigenvalue weighted by Crippen LogP contribution is -1.95. The van der Waals surface area contributed by atoms with Gasteiger partial charge in [0.25, 0.3) is 0 Å². The number of aromatic nitrogens is 2. The Kier molecular flexibility index (Phi) is 5.43. The smallest absolute Gasteiger partial charge is 0.143 e. The fourth-order valence-electron chi connectivity index (χ4n) is 1.55. The number of aryl methyl sites for hydroxylation is 2. The van der Waals surface area contributed by atoms with Crippen molar-refractivity contribution in [2.45, 2.75) is 34.1 Å². The lowest BCUT2D eigenvalue weighted by atomic mass is 10.2. The summed E-state index contributed by atoms with van der Waals surface area (Å²) in [6.45, 7) is 8.27. The zero-order valence-corrected chi connectivity index (χ0v) is 11.9. The largest absolute Gasteiger partial charge is 0.495 e. The normalized spacial score (nSPS) is 9.61. The fraction of sp³-hybridized carbons (Fsp3) is 0.400. The van der Waals surface area contributed by atoms with Crippen LogP contribution in [0.5, 0.6) is 5.75 Å². The van der Waals surface area contributed by atoms with Crippen molar-refractivity contribution in [1.82, 2.24) is 9.55 Å². The van der Waals surface area contributed by atoms with E-state index in [4.69, 9.17) is 4.74 Å². The second-order valence-corrected chi connectivity index (χ2v) is 4.30. The van der Waals surface area contributed by atoms with Gasteiger partial charge in [-0.25, -0.2) is 4.98 Å². The molecule has 2 rings (SSSR count). The van der Waals surface area contributed by atoms with Gasteiger partial charge in [0, 0.05) is 6.20 Å². The second kappa shape index (κ2) is 6.84. The zero-order valence-electron chi connectivity index (χ0n) is 11.9. The molecule has 0 amide bonds. The summed E-state index contributed by atoms with van der Waals surface area (Å²) < 4.78 is 7.31. The maximum atomic E-state index is 5.34. The van der Waals surface area contributed by atoms with Gasteiger partial charge in [-0.2, -0.15) is 0 Å². The highest BCUT2D eigenvalue weighted by Crippen LogP contribution is 2.23. The minimum absolute atomic E-state index is 0.868. The number of imidazole rings is 1. The van der Waals surface area contributed by atoms with Crippen LogP contribution >= 0.6 is 0 Å². The van der Waals surface area contributed by atoms with Gasteiger partial charge < -0.3 is 9.30 Å². The molecule has 0 aliphatic heterocycles. The number of methoxy groups -OCH3 is 1. The van der Waals surface area contributed by atoms with Gasteiger partial charge in [-0.15, -0.1) is 0 Å². The molecular formula is C15H22N2O. The zero-order chi connectivity index (χ0) is 13.5. The van der Waals surface area contributed by atoms with E-state index in [1.165, 1.54) is 12.0 Å². The molecule has 3 nitrogen and oxygen atoms in total. The van der Waals surface area contributed by atoms with E-state index in [1.54, 1.807) is 13.4 Å². The van der Waals surface area contributed by atoms with Crippen molar-refractivity contribution in [2.24, 2.45) is 0 Å². The van der Waals surface area contributed by atoms with E-state index in [0.29, 0.717) is 0 Å². The first-order valence-electron chi connectivity index (χ1n) is 6.28. The first kappa shape index (κ1) is 14.3. The van der Waals surface area contributed by atoms with Crippen molar-refractivity contribution in [2.75, 3.05) is 7.11 Å². The Morgan fingerprint density at radius 3 is 2.39 bits per heavy atom. The Hall–Kier alpha value is -1.77. The molecule has 2 aromatic rings. The highest BCUT2D eigenvalue weighted by molar-refractivity contribution is 5.48. The third-order valence-electron chi connectivity index (χ3n) is 2.33. The Morgan fingerprint density at radius 2 is 1.89 bits per heavy atom. The van der Waals surface area contributed by atoms with E-state index < -0.39 is 0 Å². The molecule has 0 saturated heterocycles. The van der Waals surface area contributed by atoms with Crippen molar-refractivity contribution in [1.29, 1.82) is 0 Å². The predicted octanol–water partition coefficient (Wildman–Crippen LogP) is 3.91. The van der Waals surface area contributed by atoms with Crippen LogP contribution in [0, 0.1) is 13.8 Å². The molecule has 3 heteroatoms. The average molecular weight is 246 g/mol. The third kappa shape index (κ3) is 3.62. The van der Waals surface area contributed by atoms with E-state index >= 15 is 0 Å². The molecule has 1 aromatic carbocycles. The van der Waals surface area contributed by atoms with Crippen LogP contribution in [0.3, 0.4) is 0 Å². The molecule has 0 aliphatic carbocycles. The molecule has 0 bridgehead atoms. The summed E-state index contributed by atoms with van der Waals surface area (Å²) in [5.41, 5.74) is 3.20. The van der Waals surface area contributed by atoms with Crippen LogP contribution in [0.2, 0.25) is 0 Å². The Morgan fingerprint density at radius 1 is 1.22 bits per heavy atom. The first-order chi connectivity index (χ1) is 8.62. The van der Waals surface area contributed by atoms with E-state index in [9.17, 15) is 0 Å². The maximum Gasteiger partial charge on any atom is 0.143 e. The van der Waals surface area contributed by atoms with Gasteiger partial charge in [0.05, 0.1) is 24.8 Å². The number of benzene rings is 1. The summed E-state index contributed by atoms with van der Waals surface area (Å²) in [7, 11) is 1.68. The number of hydrogen-bond donors (Lipinski definition) is 0. The molecule has 18 heavy (non-hydrogen) atoms. The van der Waals surface area contributed by atoms with Crippen LogP contribution in [-0.4, -0.2) is 16.7 Å². The molecule has 0 N–H and O–H groups in total. The fourth-order valence-corrected chi connectivity index (χ4v) is 1.55. The lowest BCUT2D eigenvalue weighted by Gasteiger charge is -2.09. The quantitative estimate of drug-likeness (QED) is 0.803. The van der Waals surface area contributed by atoms with E-state index in [-0.39, 0.29) is 0 Å². The van der Waals surface area contributed by atoms with E-state index in [2.05, 4.69) is 24.9 Å². The maximum absolute atomic E-state index is 5.34. The molecule has 0 aliphatic rings.